The molecule has 1 heterocycles. The van der Waals surface area contributed by atoms with Crippen molar-refractivity contribution in [2.75, 3.05) is 25.0 Å². The summed E-state index contributed by atoms with van der Waals surface area (Å²) in [7, 11) is 0. The quantitative estimate of drug-likeness (QED) is 0.754. The molecule has 0 aliphatic carbocycles. The number of carbonyl (C=O) groups excluding carboxylic acids is 1. The van der Waals surface area contributed by atoms with Gasteiger partial charge in [-0.25, -0.2) is 0 Å². The molecule has 0 aromatic heterocycles. The topological polar surface area (TPSA) is 62.4 Å². The lowest BCUT2D eigenvalue weighted by Gasteiger charge is -2.29. The van der Waals surface area contributed by atoms with Gasteiger partial charge in [-0.3, -0.25) is 4.79 Å². The van der Waals surface area contributed by atoms with Crippen LogP contribution in [0.3, 0.4) is 0 Å². The summed E-state index contributed by atoms with van der Waals surface area (Å²) in [4.78, 5) is 12.2. The molecular weight excluding hydrogens is 254 g/mol. The van der Waals surface area contributed by atoms with Crippen LogP contribution in [0, 0.1) is 0 Å². The molecule has 1 saturated heterocycles. The van der Waals surface area contributed by atoms with Crippen molar-refractivity contribution in [3.05, 3.63) is 29.8 Å². The molecule has 0 bridgehead atoms. The molecule has 1 aliphatic rings. The number of benzene rings is 1. The number of nitrogens with one attached hydrogen (secondary N) is 3. The zero-order chi connectivity index (χ0) is 14.4. The number of hydrogen-bond acceptors (Lipinski definition) is 4. The summed E-state index contributed by atoms with van der Waals surface area (Å²) in [6.45, 7) is 7.09. The predicted octanol–water partition coefficient (Wildman–Crippen LogP) is 1.11. The zero-order valence-electron chi connectivity index (χ0n) is 12.1. The van der Waals surface area contributed by atoms with Gasteiger partial charge in [0.05, 0.1) is 12.7 Å². The minimum atomic E-state index is -0.291. The molecular formula is C15H23N3O2. The average Bonchev–Trinajstić information content (AvgIpc) is 2.46. The van der Waals surface area contributed by atoms with Gasteiger partial charge < -0.3 is 20.7 Å². The molecule has 1 amide bonds. The van der Waals surface area contributed by atoms with Crippen molar-refractivity contribution < 1.29 is 9.53 Å². The van der Waals surface area contributed by atoms with E-state index >= 15 is 0 Å². The van der Waals surface area contributed by atoms with Crippen LogP contribution in [0.1, 0.15) is 19.4 Å². The van der Waals surface area contributed by atoms with Crippen molar-refractivity contribution in [3.63, 3.8) is 0 Å². The van der Waals surface area contributed by atoms with Crippen molar-refractivity contribution >= 4 is 11.6 Å². The van der Waals surface area contributed by atoms with Crippen molar-refractivity contribution in [2.24, 2.45) is 0 Å². The van der Waals surface area contributed by atoms with Crippen molar-refractivity contribution in [1.82, 2.24) is 10.6 Å². The Kier molecular flexibility index (Phi) is 5.52. The lowest BCUT2D eigenvalue weighted by molar-refractivity contribution is -0.123. The molecule has 3 N–H and O–H groups in total. The Morgan fingerprint density at radius 1 is 1.50 bits per heavy atom. The van der Waals surface area contributed by atoms with Crippen LogP contribution in [0.15, 0.2) is 24.3 Å². The summed E-state index contributed by atoms with van der Waals surface area (Å²) in [5.74, 6) is -0.0437. The molecule has 0 radical (unpaired) electrons. The van der Waals surface area contributed by atoms with E-state index < -0.39 is 0 Å². The van der Waals surface area contributed by atoms with Crippen molar-refractivity contribution in [2.45, 2.75) is 32.5 Å². The molecule has 20 heavy (non-hydrogen) atoms. The fourth-order valence-electron chi connectivity index (χ4n) is 2.28. The van der Waals surface area contributed by atoms with Gasteiger partial charge >= 0.3 is 0 Å². The van der Waals surface area contributed by atoms with E-state index in [1.54, 1.807) is 0 Å². The van der Waals surface area contributed by atoms with Crippen LogP contribution in [0.2, 0.25) is 0 Å². The third kappa shape index (κ3) is 4.03. The van der Waals surface area contributed by atoms with Crippen LogP contribution in [0.5, 0.6) is 0 Å². The van der Waals surface area contributed by atoms with Gasteiger partial charge in [0, 0.05) is 18.8 Å². The summed E-state index contributed by atoms with van der Waals surface area (Å²) < 4.78 is 5.49. The second-order valence-electron chi connectivity index (χ2n) is 4.98. The van der Waals surface area contributed by atoms with Gasteiger partial charge in [-0.2, -0.15) is 0 Å². The van der Waals surface area contributed by atoms with E-state index in [2.05, 4.69) is 22.9 Å². The van der Waals surface area contributed by atoms with Crippen molar-refractivity contribution in [3.8, 4) is 0 Å². The first-order chi connectivity index (χ1) is 9.70. The fourth-order valence-corrected chi connectivity index (χ4v) is 2.28. The van der Waals surface area contributed by atoms with Crippen LogP contribution in [0.4, 0.5) is 5.69 Å². The first kappa shape index (κ1) is 15.0. The van der Waals surface area contributed by atoms with E-state index in [1.165, 1.54) is 0 Å². The smallest absolute Gasteiger partial charge is 0.244 e. The molecule has 110 valence electrons. The van der Waals surface area contributed by atoms with E-state index in [0.29, 0.717) is 13.2 Å². The third-order valence-corrected chi connectivity index (χ3v) is 3.37. The maximum absolute atomic E-state index is 12.2. The van der Waals surface area contributed by atoms with E-state index in [0.717, 1.165) is 24.3 Å². The van der Waals surface area contributed by atoms with Crippen LogP contribution in [0.25, 0.3) is 0 Å². The number of rotatable bonds is 5. The molecule has 1 aliphatic heterocycles. The first-order valence-corrected chi connectivity index (χ1v) is 7.16. The normalized spacial score (nSPS) is 22.5. The second kappa shape index (κ2) is 7.38. The highest BCUT2D eigenvalue weighted by molar-refractivity contribution is 5.95. The molecule has 5 heteroatoms. The minimum absolute atomic E-state index is 0.0437. The van der Waals surface area contributed by atoms with Gasteiger partial charge in [-0.1, -0.05) is 19.1 Å². The minimum Gasteiger partial charge on any atom is -0.375 e. The monoisotopic (exact) mass is 277 g/mol. The average molecular weight is 277 g/mol. The number of hydrogen-bond donors (Lipinski definition) is 3. The van der Waals surface area contributed by atoms with Gasteiger partial charge in [0.15, 0.2) is 0 Å². The van der Waals surface area contributed by atoms with Crippen LogP contribution < -0.4 is 16.0 Å². The first-order valence-electron chi connectivity index (χ1n) is 7.16. The standard InChI is InChI=1S/C15H23N3O2/c1-3-16-10-12-5-4-6-13(9-12)18-15(19)14-11(2)20-8-7-17-14/h4-6,9,11,14,16-17H,3,7-8,10H2,1-2H3,(H,18,19)/t11-,14+/m1/s1. The fraction of sp³-hybridized carbons (Fsp3) is 0.533. The molecule has 1 aromatic rings. The Morgan fingerprint density at radius 2 is 2.35 bits per heavy atom. The van der Waals surface area contributed by atoms with Gasteiger partial charge in [0.25, 0.3) is 0 Å². The third-order valence-electron chi connectivity index (χ3n) is 3.37. The van der Waals surface area contributed by atoms with Crippen LogP contribution in [-0.4, -0.2) is 37.7 Å². The zero-order valence-corrected chi connectivity index (χ0v) is 12.1. The Morgan fingerprint density at radius 3 is 3.10 bits per heavy atom. The van der Waals surface area contributed by atoms with E-state index in [9.17, 15) is 4.79 Å². The molecule has 1 aromatic carbocycles. The molecule has 2 atom stereocenters. The Balaban J connectivity index is 1.96. The highest BCUT2D eigenvalue weighted by Gasteiger charge is 2.28. The maximum Gasteiger partial charge on any atom is 0.244 e. The van der Waals surface area contributed by atoms with Gasteiger partial charge in [0.2, 0.25) is 5.91 Å². The van der Waals surface area contributed by atoms with Gasteiger partial charge in [-0.05, 0) is 31.2 Å². The summed E-state index contributed by atoms with van der Waals surface area (Å²) in [5.41, 5.74) is 1.98. The molecule has 5 nitrogen and oxygen atoms in total. The van der Waals surface area contributed by atoms with Gasteiger partial charge in [-0.15, -0.1) is 0 Å². The van der Waals surface area contributed by atoms with E-state index in [1.807, 2.05) is 31.2 Å². The second-order valence-corrected chi connectivity index (χ2v) is 4.98. The molecule has 0 saturated carbocycles. The highest BCUT2D eigenvalue weighted by Crippen LogP contribution is 2.13. The van der Waals surface area contributed by atoms with Gasteiger partial charge in [0.1, 0.15) is 6.04 Å². The molecule has 0 spiro atoms. The molecule has 2 rings (SSSR count). The highest BCUT2D eigenvalue weighted by atomic mass is 16.5. The summed E-state index contributed by atoms with van der Waals surface area (Å²) in [5, 5.41) is 9.41. The summed E-state index contributed by atoms with van der Waals surface area (Å²) in [6, 6.07) is 7.61. The maximum atomic E-state index is 12.2. The lowest BCUT2D eigenvalue weighted by Crippen LogP contribution is -2.53. The summed E-state index contributed by atoms with van der Waals surface area (Å²) in [6.07, 6.45) is -0.103. The van der Waals surface area contributed by atoms with Crippen molar-refractivity contribution in [1.29, 1.82) is 0 Å². The molecule has 0 unspecified atom stereocenters. The predicted molar refractivity (Wildman–Crippen MR) is 79.7 cm³/mol. The Labute approximate surface area is 120 Å². The number of carbonyl (C=O) groups is 1. The SMILES string of the molecule is CCNCc1cccc(NC(=O)[C@H]2NCCO[C@@H]2C)c1. The summed E-state index contributed by atoms with van der Waals surface area (Å²) >= 11 is 0. The number of amides is 1. The van der Waals surface area contributed by atoms with Crippen LogP contribution >= 0.6 is 0 Å². The number of morpholine rings is 1. The largest absolute Gasteiger partial charge is 0.375 e. The van der Waals surface area contributed by atoms with E-state index in [4.69, 9.17) is 4.74 Å². The Hall–Kier alpha value is -1.43. The number of anilines is 1. The molecule has 1 fully saturated rings. The Bertz CT molecular complexity index is 450. The lowest BCUT2D eigenvalue weighted by atomic mass is 10.1. The number of ether oxygens (including phenoxy) is 1. The van der Waals surface area contributed by atoms with E-state index in [-0.39, 0.29) is 18.1 Å². The van der Waals surface area contributed by atoms with Crippen LogP contribution in [-0.2, 0) is 16.1 Å².